The van der Waals surface area contributed by atoms with Gasteiger partial charge in [-0.25, -0.2) is 0 Å². The maximum atomic E-state index is 6.66. The summed E-state index contributed by atoms with van der Waals surface area (Å²) in [5, 5.41) is 0.622. The van der Waals surface area contributed by atoms with Crippen LogP contribution in [-0.4, -0.2) is 27.0 Å². The lowest BCUT2D eigenvalue weighted by Crippen LogP contribution is -2.58. The van der Waals surface area contributed by atoms with Crippen molar-refractivity contribution in [2.24, 2.45) is 0 Å². The van der Waals surface area contributed by atoms with E-state index in [1.54, 1.807) is 20.3 Å². The predicted octanol–water partition coefficient (Wildman–Crippen LogP) is 4.89. The maximum absolute atomic E-state index is 6.66. The molecule has 1 atom stereocenters. The Hall–Kier alpha value is -2.33. The third-order valence-corrected chi connectivity index (χ3v) is 5.87. The van der Waals surface area contributed by atoms with Crippen LogP contribution in [0.2, 0.25) is 5.02 Å². The van der Waals surface area contributed by atoms with E-state index in [4.69, 9.17) is 25.8 Å². The van der Waals surface area contributed by atoms with E-state index in [-0.39, 0.29) is 5.41 Å². The van der Waals surface area contributed by atoms with Crippen molar-refractivity contribution in [2.45, 2.75) is 25.0 Å². The fraction of sp³-hybridized carbons (Fsp3) is 0.333. The molecule has 0 amide bonds. The van der Waals surface area contributed by atoms with Crippen LogP contribution in [0, 0.1) is 0 Å². The van der Waals surface area contributed by atoms with E-state index in [1.807, 2.05) is 12.1 Å². The topological polar surface area (TPSA) is 30.9 Å². The third kappa shape index (κ3) is 2.08. The molecule has 0 radical (unpaired) electrons. The molecule has 4 nitrogen and oxygen atoms in total. The highest BCUT2D eigenvalue weighted by molar-refractivity contribution is 6.31. The quantitative estimate of drug-likeness (QED) is 0.752. The number of fused-ring (bicyclic) bond motifs is 2. The lowest BCUT2D eigenvalue weighted by Gasteiger charge is -2.46. The van der Waals surface area contributed by atoms with Crippen molar-refractivity contribution in [1.29, 1.82) is 0 Å². The summed E-state index contributed by atoms with van der Waals surface area (Å²) in [5.41, 5.74) is 2.23. The van der Waals surface area contributed by atoms with Crippen LogP contribution in [0.25, 0.3) is 6.08 Å². The second-order valence-corrected chi connectivity index (χ2v) is 7.66. The molecule has 2 heterocycles. The molecule has 26 heavy (non-hydrogen) atoms. The molecule has 2 aliphatic heterocycles. The second kappa shape index (κ2) is 5.58. The molecular weight excluding hydrogens is 350 g/mol. The van der Waals surface area contributed by atoms with Gasteiger partial charge in [0.1, 0.15) is 5.75 Å². The minimum absolute atomic E-state index is 0.315. The van der Waals surface area contributed by atoms with Crippen LogP contribution < -0.4 is 19.1 Å². The van der Waals surface area contributed by atoms with Gasteiger partial charge in [-0.3, -0.25) is 0 Å². The number of nitrogens with zero attached hydrogens (tertiary/aromatic N) is 1. The molecule has 2 aromatic rings. The molecule has 4 rings (SSSR count). The van der Waals surface area contributed by atoms with Crippen molar-refractivity contribution >= 4 is 23.4 Å². The molecule has 1 unspecified atom stereocenters. The molecule has 0 aliphatic carbocycles. The van der Waals surface area contributed by atoms with Crippen LogP contribution in [0.5, 0.6) is 17.2 Å². The average molecular weight is 372 g/mol. The van der Waals surface area contributed by atoms with Gasteiger partial charge in [0.25, 0.3) is 0 Å². The van der Waals surface area contributed by atoms with Crippen molar-refractivity contribution < 1.29 is 14.2 Å². The minimum atomic E-state index is -0.671. The number of methoxy groups -OCH3 is 2. The Kier molecular flexibility index (Phi) is 3.67. The smallest absolute Gasteiger partial charge is 0.212 e. The highest BCUT2D eigenvalue weighted by atomic mass is 35.5. The van der Waals surface area contributed by atoms with Crippen LogP contribution in [0.3, 0.4) is 0 Å². The number of hydrogen-bond acceptors (Lipinski definition) is 4. The number of anilines is 1. The Labute approximate surface area is 158 Å². The number of hydrogen-bond donors (Lipinski definition) is 0. The van der Waals surface area contributed by atoms with Crippen LogP contribution in [0.1, 0.15) is 25.0 Å². The fourth-order valence-electron chi connectivity index (χ4n) is 4.11. The summed E-state index contributed by atoms with van der Waals surface area (Å²) in [5.74, 6) is 2.18. The Balaban J connectivity index is 1.89. The van der Waals surface area contributed by atoms with Gasteiger partial charge in [0.2, 0.25) is 5.72 Å². The van der Waals surface area contributed by atoms with Gasteiger partial charge in [-0.2, -0.15) is 0 Å². The fourth-order valence-corrected chi connectivity index (χ4v) is 4.33. The van der Waals surface area contributed by atoms with Gasteiger partial charge in [-0.15, -0.1) is 0 Å². The van der Waals surface area contributed by atoms with Crippen LogP contribution in [0.4, 0.5) is 5.69 Å². The van der Waals surface area contributed by atoms with Crippen molar-refractivity contribution in [3.05, 3.63) is 52.6 Å². The summed E-state index contributed by atoms with van der Waals surface area (Å²) in [6, 6.07) is 9.82. The largest absolute Gasteiger partial charge is 0.497 e. The molecule has 0 aromatic heterocycles. The van der Waals surface area contributed by atoms with E-state index in [1.165, 1.54) is 5.56 Å². The number of halogens is 1. The number of rotatable bonds is 2. The molecular formula is C21H22ClNO3. The molecule has 5 heteroatoms. The molecule has 0 saturated heterocycles. The lowest BCUT2D eigenvalue weighted by atomic mass is 9.76. The van der Waals surface area contributed by atoms with Gasteiger partial charge in [0.15, 0.2) is 11.5 Å². The zero-order chi connectivity index (χ0) is 18.7. The predicted molar refractivity (Wildman–Crippen MR) is 105 cm³/mol. The van der Waals surface area contributed by atoms with Gasteiger partial charge in [0.05, 0.1) is 19.6 Å². The summed E-state index contributed by atoms with van der Waals surface area (Å²) < 4.78 is 17.6. The highest BCUT2D eigenvalue weighted by Crippen LogP contribution is 2.56. The van der Waals surface area contributed by atoms with Gasteiger partial charge in [-0.05, 0) is 55.8 Å². The van der Waals surface area contributed by atoms with E-state index in [0.717, 1.165) is 17.0 Å². The Morgan fingerprint density at radius 1 is 1.08 bits per heavy atom. The Bertz CT molecular complexity index is 922. The SMILES string of the molecule is COc1ccc2c(c1)C(C)(C)C1(C=Cc3cc(Cl)cc(OC)c3O1)N2C. The zero-order valence-corrected chi connectivity index (χ0v) is 16.3. The summed E-state index contributed by atoms with van der Waals surface area (Å²) >= 11 is 6.21. The van der Waals surface area contributed by atoms with Gasteiger partial charge < -0.3 is 19.1 Å². The van der Waals surface area contributed by atoms with E-state index in [9.17, 15) is 0 Å². The van der Waals surface area contributed by atoms with E-state index >= 15 is 0 Å². The summed E-state index contributed by atoms with van der Waals surface area (Å²) in [4.78, 5) is 2.18. The van der Waals surface area contributed by atoms with E-state index in [2.05, 4.69) is 50.1 Å². The average Bonchev–Trinajstić information content (AvgIpc) is 2.79. The van der Waals surface area contributed by atoms with Crippen LogP contribution in [0.15, 0.2) is 36.4 Å². The molecule has 0 saturated carbocycles. The molecule has 0 fully saturated rings. The monoisotopic (exact) mass is 371 g/mol. The molecule has 1 spiro atoms. The van der Waals surface area contributed by atoms with Crippen LogP contribution >= 0.6 is 11.6 Å². The molecule has 0 bridgehead atoms. The van der Waals surface area contributed by atoms with Crippen molar-refractivity contribution in [3.8, 4) is 17.2 Å². The van der Waals surface area contributed by atoms with Gasteiger partial charge >= 0.3 is 0 Å². The zero-order valence-electron chi connectivity index (χ0n) is 15.6. The number of benzene rings is 2. The molecule has 0 N–H and O–H groups in total. The van der Waals surface area contributed by atoms with Crippen molar-refractivity contribution in [2.75, 3.05) is 26.2 Å². The van der Waals surface area contributed by atoms with Crippen molar-refractivity contribution in [3.63, 3.8) is 0 Å². The first-order valence-corrected chi connectivity index (χ1v) is 8.90. The second-order valence-electron chi connectivity index (χ2n) is 7.23. The van der Waals surface area contributed by atoms with Crippen molar-refractivity contribution in [1.82, 2.24) is 0 Å². The highest BCUT2D eigenvalue weighted by Gasteiger charge is 2.58. The number of ether oxygens (including phenoxy) is 3. The van der Waals surface area contributed by atoms with E-state index in [0.29, 0.717) is 16.5 Å². The standard InChI is InChI=1S/C21H22ClNO3/c1-20(2)16-12-15(24-4)6-7-17(16)23(3)21(20)9-8-13-10-14(22)11-18(25-5)19(13)26-21/h6-12H,1-5H3. The summed E-state index contributed by atoms with van der Waals surface area (Å²) in [7, 11) is 5.37. The lowest BCUT2D eigenvalue weighted by molar-refractivity contribution is 0.0551. The first-order chi connectivity index (χ1) is 12.3. The van der Waals surface area contributed by atoms with Gasteiger partial charge in [0, 0.05) is 29.4 Å². The Morgan fingerprint density at radius 2 is 1.85 bits per heavy atom. The third-order valence-electron chi connectivity index (χ3n) is 5.65. The molecule has 2 aromatic carbocycles. The Morgan fingerprint density at radius 3 is 2.54 bits per heavy atom. The normalized spacial score (nSPS) is 22.0. The van der Waals surface area contributed by atoms with Gasteiger partial charge in [-0.1, -0.05) is 11.6 Å². The minimum Gasteiger partial charge on any atom is -0.497 e. The van der Waals surface area contributed by atoms with Crippen LogP contribution in [-0.2, 0) is 5.41 Å². The molecule has 2 aliphatic rings. The first-order valence-electron chi connectivity index (χ1n) is 8.52. The summed E-state index contributed by atoms with van der Waals surface area (Å²) in [6.07, 6.45) is 4.17. The number of likely N-dealkylation sites (N-methyl/N-ethyl adjacent to an activating group) is 1. The summed E-state index contributed by atoms with van der Waals surface area (Å²) in [6.45, 7) is 4.37. The van der Waals surface area contributed by atoms with E-state index < -0.39 is 5.72 Å². The molecule has 136 valence electrons. The first kappa shape index (κ1) is 17.1. The maximum Gasteiger partial charge on any atom is 0.212 e.